The summed E-state index contributed by atoms with van der Waals surface area (Å²) in [7, 11) is 1.26. The van der Waals surface area contributed by atoms with E-state index in [2.05, 4.69) is 4.98 Å². The molecule has 0 bridgehead atoms. The molecule has 2 heterocycles. The Kier molecular flexibility index (Phi) is 3.25. The van der Waals surface area contributed by atoms with E-state index in [9.17, 15) is 14.7 Å². The number of carbonyl (C=O) groups is 2. The molecular weight excluding hydrogens is 260 g/mol. The van der Waals surface area contributed by atoms with Crippen LogP contribution in [0.5, 0.6) is 0 Å². The summed E-state index contributed by atoms with van der Waals surface area (Å²) in [6, 6.07) is 3.20. The Morgan fingerprint density at radius 3 is 2.50 bits per heavy atom. The highest BCUT2D eigenvalue weighted by Gasteiger charge is 2.28. The number of ether oxygens (including phenoxy) is 1. The zero-order valence-electron chi connectivity index (χ0n) is 11.8. The average molecular weight is 276 g/mol. The highest BCUT2D eigenvalue weighted by Crippen LogP contribution is 2.26. The number of aromatic nitrogens is 2. The molecule has 6 heteroatoms. The van der Waals surface area contributed by atoms with Crippen LogP contribution < -0.4 is 0 Å². The number of imidazole rings is 1. The fourth-order valence-electron chi connectivity index (χ4n) is 2.09. The molecule has 1 N–H and O–H groups in total. The number of fused-ring (bicyclic) bond motifs is 1. The number of methoxy groups -OCH3 is 1. The first-order valence-corrected chi connectivity index (χ1v) is 6.10. The van der Waals surface area contributed by atoms with Gasteiger partial charge in [0.1, 0.15) is 5.82 Å². The molecule has 0 unspecified atom stereocenters. The van der Waals surface area contributed by atoms with Crippen molar-refractivity contribution in [1.29, 1.82) is 0 Å². The van der Waals surface area contributed by atoms with Crippen molar-refractivity contribution in [3.8, 4) is 0 Å². The Balaban J connectivity index is 2.90. The van der Waals surface area contributed by atoms with Gasteiger partial charge in [0, 0.05) is 11.6 Å². The Morgan fingerprint density at radius 1 is 1.35 bits per heavy atom. The maximum Gasteiger partial charge on any atom is 0.356 e. The molecule has 0 aliphatic rings. The first kappa shape index (κ1) is 14.0. The normalized spacial score (nSPS) is 11.6. The van der Waals surface area contributed by atoms with Crippen molar-refractivity contribution in [2.75, 3.05) is 7.11 Å². The Labute approximate surface area is 116 Å². The van der Waals surface area contributed by atoms with Crippen LogP contribution >= 0.6 is 0 Å². The lowest BCUT2D eigenvalue weighted by Gasteiger charge is -2.16. The highest BCUT2D eigenvalue weighted by molar-refractivity contribution is 6.04. The van der Waals surface area contributed by atoms with E-state index < -0.39 is 11.9 Å². The zero-order chi connectivity index (χ0) is 15.1. The summed E-state index contributed by atoms with van der Waals surface area (Å²) in [4.78, 5) is 27.4. The number of hydrogen-bond acceptors (Lipinski definition) is 4. The molecule has 2 rings (SSSR count). The van der Waals surface area contributed by atoms with Crippen molar-refractivity contribution >= 4 is 17.5 Å². The van der Waals surface area contributed by atoms with Crippen LogP contribution in [0.1, 0.15) is 47.4 Å². The van der Waals surface area contributed by atoms with Crippen LogP contribution in [0.4, 0.5) is 0 Å². The van der Waals surface area contributed by atoms with Crippen LogP contribution in [-0.2, 0) is 10.2 Å². The minimum atomic E-state index is -1.17. The molecule has 0 atom stereocenters. The first-order valence-electron chi connectivity index (χ1n) is 6.10. The van der Waals surface area contributed by atoms with Crippen molar-refractivity contribution in [3.63, 3.8) is 0 Å². The quantitative estimate of drug-likeness (QED) is 0.850. The number of nitrogens with zero attached hydrogens (tertiary/aromatic N) is 2. The van der Waals surface area contributed by atoms with E-state index in [1.807, 2.05) is 20.8 Å². The number of aromatic carboxylic acids is 1. The lowest BCUT2D eigenvalue weighted by molar-refractivity contribution is 0.0602. The van der Waals surface area contributed by atoms with Gasteiger partial charge in [0.05, 0.1) is 18.2 Å². The molecule has 0 amide bonds. The number of rotatable bonds is 2. The molecule has 0 spiro atoms. The summed E-state index contributed by atoms with van der Waals surface area (Å²) >= 11 is 0. The third-order valence-corrected chi connectivity index (χ3v) is 2.94. The predicted molar refractivity (Wildman–Crippen MR) is 72.2 cm³/mol. The van der Waals surface area contributed by atoms with Crippen molar-refractivity contribution in [2.24, 2.45) is 0 Å². The largest absolute Gasteiger partial charge is 0.476 e. The predicted octanol–water partition coefficient (Wildman–Crippen LogP) is 2.12. The topological polar surface area (TPSA) is 80.9 Å². The summed E-state index contributed by atoms with van der Waals surface area (Å²) in [5.74, 6) is -1.18. The van der Waals surface area contributed by atoms with Crippen LogP contribution in [0.2, 0.25) is 0 Å². The van der Waals surface area contributed by atoms with Crippen LogP contribution in [0.3, 0.4) is 0 Å². The lowest BCUT2D eigenvalue weighted by Crippen LogP contribution is -2.16. The van der Waals surface area contributed by atoms with Crippen LogP contribution in [0, 0.1) is 0 Å². The smallest absolute Gasteiger partial charge is 0.356 e. The third kappa shape index (κ3) is 2.13. The van der Waals surface area contributed by atoms with E-state index in [4.69, 9.17) is 4.74 Å². The second kappa shape index (κ2) is 4.63. The minimum absolute atomic E-state index is 0.143. The van der Waals surface area contributed by atoms with Crippen LogP contribution in [0.25, 0.3) is 5.52 Å². The van der Waals surface area contributed by atoms with E-state index in [-0.39, 0.29) is 22.2 Å². The van der Waals surface area contributed by atoms with Crippen molar-refractivity contribution in [1.82, 2.24) is 9.38 Å². The molecule has 0 saturated heterocycles. The molecule has 0 aliphatic carbocycles. The number of carboxylic acids is 1. The van der Waals surface area contributed by atoms with E-state index in [1.165, 1.54) is 13.2 Å². The fourth-order valence-corrected chi connectivity index (χ4v) is 2.09. The standard InChI is InChI=1S/C14H16N2O4/c1-14(2,3)13-15-9(11(17)18)10-8(12(19)20-4)6-5-7-16(10)13/h5-7H,1-4H3,(H,17,18). The van der Waals surface area contributed by atoms with Crippen molar-refractivity contribution in [3.05, 3.63) is 35.4 Å². The molecular formula is C14H16N2O4. The summed E-state index contributed by atoms with van der Waals surface area (Å²) in [6.45, 7) is 5.79. The van der Waals surface area contributed by atoms with Crippen molar-refractivity contribution < 1.29 is 19.4 Å². The number of hydrogen-bond donors (Lipinski definition) is 1. The molecule has 106 valence electrons. The molecule has 20 heavy (non-hydrogen) atoms. The van der Waals surface area contributed by atoms with Gasteiger partial charge in [-0.3, -0.25) is 0 Å². The zero-order valence-corrected chi connectivity index (χ0v) is 11.8. The number of carbonyl (C=O) groups excluding carboxylic acids is 1. The highest BCUT2D eigenvalue weighted by atomic mass is 16.5. The Bertz CT molecular complexity index is 695. The van der Waals surface area contributed by atoms with Gasteiger partial charge in [0.2, 0.25) is 0 Å². The van der Waals surface area contributed by atoms with E-state index >= 15 is 0 Å². The summed E-state index contributed by atoms with van der Waals surface area (Å²) in [6.07, 6.45) is 1.70. The monoisotopic (exact) mass is 276 g/mol. The van der Waals surface area contributed by atoms with E-state index in [1.54, 1.807) is 16.7 Å². The Hall–Kier alpha value is -2.37. The van der Waals surface area contributed by atoms with Crippen LogP contribution in [0.15, 0.2) is 18.3 Å². The SMILES string of the molecule is COC(=O)c1cccn2c(C(C)(C)C)nc(C(=O)O)c12. The van der Waals surface area contributed by atoms with Gasteiger partial charge in [-0.25, -0.2) is 14.6 Å². The van der Waals surface area contributed by atoms with Gasteiger partial charge in [0.15, 0.2) is 5.69 Å². The number of pyridine rings is 1. The van der Waals surface area contributed by atoms with Gasteiger partial charge < -0.3 is 14.2 Å². The van der Waals surface area contributed by atoms with Crippen LogP contribution in [-0.4, -0.2) is 33.5 Å². The van der Waals surface area contributed by atoms with Gasteiger partial charge in [0.25, 0.3) is 0 Å². The van der Waals surface area contributed by atoms with Crippen molar-refractivity contribution in [2.45, 2.75) is 26.2 Å². The Morgan fingerprint density at radius 2 is 2.00 bits per heavy atom. The summed E-state index contributed by atoms with van der Waals surface area (Å²) in [5, 5.41) is 9.31. The molecule has 0 aromatic carbocycles. The van der Waals surface area contributed by atoms with Gasteiger partial charge in [-0.05, 0) is 12.1 Å². The maximum absolute atomic E-state index is 11.8. The molecule has 6 nitrogen and oxygen atoms in total. The summed E-state index contributed by atoms with van der Waals surface area (Å²) in [5.41, 5.74) is -0.0474. The first-order chi connectivity index (χ1) is 9.27. The fraction of sp³-hybridized carbons (Fsp3) is 0.357. The molecule has 0 saturated carbocycles. The minimum Gasteiger partial charge on any atom is -0.476 e. The number of esters is 1. The van der Waals surface area contributed by atoms with Gasteiger partial charge >= 0.3 is 11.9 Å². The second-order valence-corrected chi connectivity index (χ2v) is 5.47. The number of carboxylic acid groups (broad SMARTS) is 1. The molecule has 2 aromatic rings. The molecule has 2 aromatic heterocycles. The third-order valence-electron chi connectivity index (χ3n) is 2.94. The van der Waals surface area contributed by atoms with E-state index in [0.29, 0.717) is 5.82 Å². The molecule has 0 fully saturated rings. The molecule has 0 aliphatic heterocycles. The van der Waals surface area contributed by atoms with Gasteiger partial charge in [-0.1, -0.05) is 20.8 Å². The molecule has 0 radical (unpaired) electrons. The maximum atomic E-state index is 11.8. The van der Waals surface area contributed by atoms with E-state index in [0.717, 1.165) is 0 Å². The van der Waals surface area contributed by atoms with Gasteiger partial charge in [-0.2, -0.15) is 0 Å². The van der Waals surface area contributed by atoms with Gasteiger partial charge in [-0.15, -0.1) is 0 Å². The lowest BCUT2D eigenvalue weighted by atomic mass is 9.96. The second-order valence-electron chi connectivity index (χ2n) is 5.47. The average Bonchev–Trinajstić information content (AvgIpc) is 2.77. The summed E-state index contributed by atoms with van der Waals surface area (Å²) < 4.78 is 6.34.